The lowest BCUT2D eigenvalue weighted by Gasteiger charge is -2.32. The van der Waals surface area contributed by atoms with Gasteiger partial charge >= 0.3 is 12.1 Å². The van der Waals surface area contributed by atoms with Crippen molar-refractivity contribution in [3.63, 3.8) is 0 Å². The van der Waals surface area contributed by atoms with Gasteiger partial charge in [0, 0.05) is 0 Å². The largest absolute Gasteiger partial charge is 0.467 e. The molecule has 1 N–H and O–H groups in total. The summed E-state index contributed by atoms with van der Waals surface area (Å²) in [5.74, 6) is 0.424. The summed E-state index contributed by atoms with van der Waals surface area (Å²) in [6.07, 6.45) is 3.45. The molecule has 0 heterocycles. The number of nitrogens with one attached hydrogen (secondary N) is 1. The summed E-state index contributed by atoms with van der Waals surface area (Å²) in [7, 11) is 1.34. The van der Waals surface area contributed by atoms with Crippen molar-refractivity contribution >= 4 is 12.1 Å². The van der Waals surface area contributed by atoms with E-state index in [4.69, 9.17) is 9.47 Å². The molecule has 0 aliphatic heterocycles. The van der Waals surface area contributed by atoms with Gasteiger partial charge in [-0.2, -0.15) is 0 Å². The summed E-state index contributed by atoms with van der Waals surface area (Å²) in [4.78, 5) is 23.8. The lowest BCUT2D eigenvalue weighted by Crippen LogP contribution is -2.49. The van der Waals surface area contributed by atoms with Gasteiger partial charge in [-0.3, -0.25) is 0 Å². The molecule has 0 radical (unpaired) electrons. The number of hydrogen-bond acceptors (Lipinski definition) is 4. The van der Waals surface area contributed by atoms with Crippen LogP contribution in [-0.2, 0) is 14.3 Å². The van der Waals surface area contributed by atoms with E-state index in [1.54, 1.807) is 20.8 Å². The number of rotatable bonds is 3. The minimum Gasteiger partial charge on any atom is -0.467 e. The predicted octanol–water partition coefficient (Wildman–Crippen LogP) is 2.88. The third kappa shape index (κ3) is 5.39. The van der Waals surface area contributed by atoms with E-state index in [1.165, 1.54) is 7.11 Å². The van der Waals surface area contributed by atoms with E-state index in [1.807, 2.05) is 0 Å². The second-order valence-electron chi connectivity index (χ2n) is 6.67. The molecule has 1 atom stereocenters. The Morgan fingerprint density at radius 1 is 1.15 bits per heavy atom. The molecule has 5 nitrogen and oxygen atoms in total. The summed E-state index contributed by atoms with van der Waals surface area (Å²) >= 11 is 0. The molecule has 1 saturated carbocycles. The van der Waals surface area contributed by atoms with E-state index in [-0.39, 0.29) is 5.92 Å². The molecular weight excluding hydrogens is 258 g/mol. The maximum atomic E-state index is 11.9. The van der Waals surface area contributed by atoms with Crippen LogP contribution in [0, 0.1) is 11.8 Å². The molecule has 0 aromatic carbocycles. The Hall–Kier alpha value is -1.26. The quantitative estimate of drug-likeness (QED) is 0.810. The highest BCUT2D eigenvalue weighted by Gasteiger charge is 2.34. The Morgan fingerprint density at radius 3 is 2.15 bits per heavy atom. The molecule has 1 aliphatic carbocycles. The fourth-order valence-corrected chi connectivity index (χ4v) is 2.55. The smallest absolute Gasteiger partial charge is 0.408 e. The van der Waals surface area contributed by atoms with Crippen LogP contribution in [-0.4, -0.2) is 30.8 Å². The molecule has 1 aliphatic rings. The average Bonchev–Trinajstić information content (AvgIpc) is 2.34. The van der Waals surface area contributed by atoms with Gasteiger partial charge in [0.15, 0.2) is 0 Å². The highest BCUT2D eigenvalue weighted by Crippen LogP contribution is 2.31. The van der Waals surface area contributed by atoms with E-state index >= 15 is 0 Å². The van der Waals surface area contributed by atoms with Crippen LogP contribution in [0.1, 0.15) is 53.4 Å². The van der Waals surface area contributed by atoms with E-state index in [0.717, 1.165) is 25.7 Å². The molecule has 20 heavy (non-hydrogen) atoms. The van der Waals surface area contributed by atoms with E-state index in [9.17, 15) is 9.59 Å². The first-order chi connectivity index (χ1) is 9.23. The summed E-state index contributed by atoms with van der Waals surface area (Å²) in [5.41, 5.74) is -0.578. The van der Waals surface area contributed by atoms with Gasteiger partial charge in [0.1, 0.15) is 11.6 Å². The Kier molecular flexibility index (Phi) is 5.84. The molecule has 5 heteroatoms. The summed E-state index contributed by atoms with van der Waals surface area (Å²) < 4.78 is 10.0. The van der Waals surface area contributed by atoms with Crippen molar-refractivity contribution in [2.75, 3.05) is 7.11 Å². The standard InChI is InChI=1S/C15H27NO4/c1-10-6-8-11(9-7-10)12(13(17)19-5)16-14(18)20-15(2,3)4/h10-12H,6-9H2,1-5H3,(H,16,18)/t10?,11?,12-/m1/s1. The van der Waals surface area contributed by atoms with E-state index < -0.39 is 23.7 Å². The monoisotopic (exact) mass is 285 g/mol. The Bertz CT molecular complexity index is 340. The molecule has 0 aromatic rings. The highest BCUT2D eigenvalue weighted by molar-refractivity contribution is 5.81. The van der Waals surface area contributed by atoms with Gasteiger partial charge in [-0.15, -0.1) is 0 Å². The van der Waals surface area contributed by atoms with Crippen LogP contribution >= 0.6 is 0 Å². The van der Waals surface area contributed by atoms with Crippen LogP contribution in [0.2, 0.25) is 0 Å². The first kappa shape index (κ1) is 16.8. The summed E-state index contributed by atoms with van der Waals surface area (Å²) in [5, 5.41) is 2.67. The molecule has 0 aromatic heterocycles. The normalized spacial score (nSPS) is 24.6. The van der Waals surface area contributed by atoms with Gasteiger partial charge in [0.2, 0.25) is 0 Å². The molecule has 1 rings (SSSR count). The van der Waals surface area contributed by atoms with Crippen molar-refractivity contribution in [1.82, 2.24) is 5.32 Å². The van der Waals surface area contributed by atoms with Crippen LogP contribution in [0.15, 0.2) is 0 Å². The summed E-state index contributed by atoms with van der Waals surface area (Å²) in [6, 6.07) is -0.609. The van der Waals surface area contributed by atoms with Gasteiger partial charge in [-0.25, -0.2) is 9.59 Å². The fraction of sp³-hybridized carbons (Fsp3) is 0.867. The number of esters is 1. The maximum absolute atomic E-state index is 11.9. The molecule has 0 spiro atoms. The molecular formula is C15H27NO4. The zero-order valence-corrected chi connectivity index (χ0v) is 13.2. The Balaban J connectivity index is 2.65. The molecule has 1 fully saturated rings. The number of alkyl carbamates (subject to hydrolysis) is 1. The average molecular weight is 285 g/mol. The lowest BCUT2D eigenvalue weighted by atomic mass is 9.79. The van der Waals surface area contributed by atoms with Crippen LogP contribution in [0.3, 0.4) is 0 Å². The van der Waals surface area contributed by atoms with Crippen LogP contribution < -0.4 is 5.32 Å². The van der Waals surface area contributed by atoms with Gasteiger partial charge in [0.05, 0.1) is 7.11 Å². The third-order valence-corrected chi connectivity index (χ3v) is 3.66. The topological polar surface area (TPSA) is 64.6 Å². The maximum Gasteiger partial charge on any atom is 0.408 e. The van der Waals surface area contributed by atoms with Crippen molar-refractivity contribution in [2.24, 2.45) is 11.8 Å². The first-order valence-corrected chi connectivity index (χ1v) is 7.30. The Labute approximate surface area is 121 Å². The van der Waals surface area contributed by atoms with Crippen molar-refractivity contribution in [2.45, 2.75) is 65.0 Å². The van der Waals surface area contributed by atoms with Crippen LogP contribution in [0.5, 0.6) is 0 Å². The van der Waals surface area contributed by atoms with E-state index in [2.05, 4.69) is 12.2 Å². The third-order valence-electron chi connectivity index (χ3n) is 3.66. The van der Waals surface area contributed by atoms with Gasteiger partial charge in [0.25, 0.3) is 0 Å². The van der Waals surface area contributed by atoms with Crippen molar-refractivity contribution in [1.29, 1.82) is 0 Å². The number of methoxy groups -OCH3 is 1. The van der Waals surface area contributed by atoms with E-state index in [0.29, 0.717) is 5.92 Å². The number of carbonyl (C=O) groups excluding carboxylic acids is 2. The Morgan fingerprint density at radius 2 is 1.70 bits per heavy atom. The fourth-order valence-electron chi connectivity index (χ4n) is 2.55. The highest BCUT2D eigenvalue weighted by atomic mass is 16.6. The first-order valence-electron chi connectivity index (χ1n) is 7.30. The molecule has 0 unspecified atom stereocenters. The number of carbonyl (C=O) groups is 2. The minimum atomic E-state index is -0.609. The molecule has 0 saturated heterocycles. The molecule has 0 bridgehead atoms. The van der Waals surface area contributed by atoms with Gasteiger partial charge in [-0.1, -0.05) is 19.8 Å². The number of amides is 1. The van der Waals surface area contributed by atoms with Crippen LogP contribution in [0.25, 0.3) is 0 Å². The van der Waals surface area contributed by atoms with Crippen molar-refractivity contribution < 1.29 is 19.1 Å². The zero-order chi connectivity index (χ0) is 15.3. The van der Waals surface area contributed by atoms with Gasteiger partial charge < -0.3 is 14.8 Å². The van der Waals surface area contributed by atoms with Crippen LogP contribution in [0.4, 0.5) is 4.79 Å². The van der Waals surface area contributed by atoms with Gasteiger partial charge in [-0.05, 0) is 45.4 Å². The summed E-state index contributed by atoms with van der Waals surface area (Å²) in [6.45, 7) is 7.59. The lowest BCUT2D eigenvalue weighted by molar-refractivity contribution is -0.145. The minimum absolute atomic E-state index is 0.131. The second kappa shape index (κ2) is 6.95. The second-order valence-corrected chi connectivity index (χ2v) is 6.67. The number of hydrogen-bond donors (Lipinski definition) is 1. The molecule has 1 amide bonds. The molecule has 116 valence electrons. The van der Waals surface area contributed by atoms with Crippen molar-refractivity contribution in [3.8, 4) is 0 Å². The van der Waals surface area contributed by atoms with Crippen molar-refractivity contribution in [3.05, 3.63) is 0 Å². The SMILES string of the molecule is COC(=O)[C@H](NC(=O)OC(C)(C)C)C1CCC(C)CC1. The number of ether oxygens (including phenoxy) is 2. The zero-order valence-electron chi connectivity index (χ0n) is 13.2. The predicted molar refractivity (Wildman–Crippen MR) is 76.3 cm³/mol.